The molecule has 1 aromatic carbocycles. The summed E-state index contributed by atoms with van der Waals surface area (Å²) in [6.45, 7) is 0.771. The van der Waals surface area contributed by atoms with Crippen molar-refractivity contribution in [2.45, 2.75) is 62.9 Å². The standard InChI is InChI=1S/C23H29ClN4O2/c1-27-15-13-25-22(27)19-4-2-3-14-28(19)21(30)10-12-23(11-9-20(29)26-23)16-17-5-7-18(24)8-6-17/h5-8,13,15,19H,2-4,9-12,14,16H2,1H3,(H,26,29)/t19-,23+/m0/s1. The number of aryl methyl sites for hydroxylation is 1. The Labute approximate surface area is 182 Å². The topological polar surface area (TPSA) is 67.2 Å². The number of hydrogen-bond acceptors (Lipinski definition) is 3. The Hall–Kier alpha value is -2.34. The Bertz CT molecular complexity index is 910. The normalized spacial score (nSPS) is 24.1. The zero-order valence-electron chi connectivity index (χ0n) is 17.4. The predicted molar refractivity (Wildman–Crippen MR) is 116 cm³/mol. The van der Waals surface area contributed by atoms with Crippen molar-refractivity contribution in [2.75, 3.05) is 6.54 Å². The number of nitrogens with zero attached hydrogens (tertiary/aromatic N) is 3. The molecule has 30 heavy (non-hydrogen) atoms. The molecule has 2 aliphatic rings. The molecule has 2 atom stereocenters. The van der Waals surface area contributed by atoms with E-state index < -0.39 is 0 Å². The first-order valence-corrected chi connectivity index (χ1v) is 11.2. The van der Waals surface area contributed by atoms with Crippen LogP contribution in [0.25, 0.3) is 0 Å². The molecule has 2 fully saturated rings. The van der Waals surface area contributed by atoms with Gasteiger partial charge in [-0.15, -0.1) is 0 Å². The van der Waals surface area contributed by atoms with Crippen LogP contribution in [0.2, 0.25) is 5.02 Å². The van der Waals surface area contributed by atoms with Crippen molar-refractivity contribution in [3.8, 4) is 0 Å². The highest BCUT2D eigenvalue weighted by Crippen LogP contribution is 2.33. The van der Waals surface area contributed by atoms with Crippen LogP contribution in [-0.4, -0.2) is 38.3 Å². The van der Waals surface area contributed by atoms with Crippen LogP contribution in [0, 0.1) is 0 Å². The zero-order valence-corrected chi connectivity index (χ0v) is 18.2. The average Bonchev–Trinajstić information content (AvgIpc) is 3.34. The molecular weight excluding hydrogens is 400 g/mol. The van der Waals surface area contributed by atoms with Gasteiger partial charge < -0.3 is 14.8 Å². The summed E-state index contributed by atoms with van der Waals surface area (Å²) < 4.78 is 2.01. The van der Waals surface area contributed by atoms with Gasteiger partial charge in [-0.25, -0.2) is 4.98 Å². The second-order valence-corrected chi connectivity index (χ2v) is 9.06. The molecule has 0 aliphatic carbocycles. The lowest BCUT2D eigenvalue weighted by atomic mass is 9.84. The van der Waals surface area contributed by atoms with Gasteiger partial charge in [0.1, 0.15) is 5.82 Å². The summed E-state index contributed by atoms with van der Waals surface area (Å²) in [6.07, 6.45) is 9.86. The summed E-state index contributed by atoms with van der Waals surface area (Å²) in [5.74, 6) is 1.17. The molecule has 0 unspecified atom stereocenters. The van der Waals surface area contributed by atoms with E-state index in [1.54, 1.807) is 6.20 Å². The molecule has 2 amide bonds. The van der Waals surface area contributed by atoms with Crippen molar-refractivity contribution in [2.24, 2.45) is 7.05 Å². The molecule has 2 aromatic rings. The summed E-state index contributed by atoms with van der Waals surface area (Å²) in [5, 5.41) is 3.88. The van der Waals surface area contributed by atoms with E-state index in [1.807, 2.05) is 47.0 Å². The van der Waals surface area contributed by atoms with E-state index in [4.69, 9.17) is 11.6 Å². The molecule has 0 radical (unpaired) electrons. The van der Waals surface area contributed by atoms with Crippen LogP contribution in [0.15, 0.2) is 36.7 Å². The number of amides is 2. The van der Waals surface area contributed by atoms with E-state index in [0.29, 0.717) is 30.7 Å². The second-order valence-electron chi connectivity index (χ2n) is 8.63. The van der Waals surface area contributed by atoms with E-state index in [0.717, 1.165) is 43.6 Å². The third-order valence-electron chi connectivity index (χ3n) is 6.49. The fourth-order valence-electron chi connectivity index (χ4n) is 4.86. The quantitative estimate of drug-likeness (QED) is 0.760. The van der Waals surface area contributed by atoms with Crippen molar-refractivity contribution in [3.05, 3.63) is 53.1 Å². The van der Waals surface area contributed by atoms with Crippen LogP contribution in [0.5, 0.6) is 0 Å². The van der Waals surface area contributed by atoms with Gasteiger partial charge in [0.05, 0.1) is 6.04 Å². The van der Waals surface area contributed by atoms with E-state index in [9.17, 15) is 9.59 Å². The number of halogens is 1. The maximum absolute atomic E-state index is 13.3. The Morgan fingerprint density at radius 2 is 2.10 bits per heavy atom. The summed E-state index contributed by atoms with van der Waals surface area (Å²) >= 11 is 6.02. The summed E-state index contributed by atoms with van der Waals surface area (Å²) in [5.41, 5.74) is 0.757. The second kappa shape index (κ2) is 8.80. The maximum Gasteiger partial charge on any atom is 0.223 e. The lowest BCUT2D eigenvalue weighted by Gasteiger charge is -2.36. The molecule has 0 bridgehead atoms. The summed E-state index contributed by atoms with van der Waals surface area (Å²) in [7, 11) is 1.98. The molecule has 1 N–H and O–H groups in total. The highest BCUT2D eigenvalue weighted by molar-refractivity contribution is 6.30. The lowest BCUT2D eigenvalue weighted by molar-refractivity contribution is -0.136. The number of hydrogen-bond donors (Lipinski definition) is 1. The number of imidazole rings is 1. The van der Waals surface area contributed by atoms with Crippen molar-refractivity contribution in [1.82, 2.24) is 19.8 Å². The average molecular weight is 429 g/mol. The maximum atomic E-state index is 13.3. The number of carbonyl (C=O) groups excluding carboxylic acids is 2. The fraction of sp³-hybridized carbons (Fsp3) is 0.522. The minimum atomic E-state index is -0.366. The van der Waals surface area contributed by atoms with Crippen LogP contribution in [0.4, 0.5) is 0 Å². The Morgan fingerprint density at radius 1 is 1.30 bits per heavy atom. The minimum absolute atomic E-state index is 0.0386. The molecule has 1 aromatic heterocycles. The minimum Gasteiger partial charge on any atom is -0.350 e. The Morgan fingerprint density at radius 3 is 2.77 bits per heavy atom. The van der Waals surface area contributed by atoms with E-state index in [-0.39, 0.29) is 23.4 Å². The largest absolute Gasteiger partial charge is 0.350 e. The molecule has 2 aliphatic heterocycles. The predicted octanol–water partition coefficient (Wildman–Crippen LogP) is 3.80. The first-order valence-electron chi connectivity index (χ1n) is 10.8. The number of rotatable bonds is 6. The van der Waals surface area contributed by atoms with Gasteiger partial charge in [0.2, 0.25) is 11.8 Å². The van der Waals surface area contributed by atoms with E-state index >= 15 is 0 Å². The first-order chi connectivity index (χ1) is 14.5. The van der Waals surface area contributed by atoms with Gasteiger partial charge in [-0.2, -0.15) is 0 Å². The Kier molecular flexibility index (Phi) is 6.14. The first kappa shape index (κ1) is 20.9. The van der Waals surface area contributed by atoms with Crippen molar-refractivity contribution < 1.29 is 9.59 Å². The monoisotopic (exact) mass is 428 g/mol. The lowest BCUT2D eigenvalue weighted by Crippen LogP contribution is -2.46. The van der Waals surface area contributed by atoms with Crippen molar-refractivity contribution >= 4 is 23.4 Å². The summed E-state index contributed by atoms with van der Waals surface area (Å²) in [4.78, 5) is 31.8. The number of nitrogens with one attached hydrogen (secondary N) is 1. The summed E-state index contributed by atoms with van der Waals surface area (Å²) in [6, 6.07) is 7.78. The molecule has 3 heterocycles. The van der Waals surface area contributed by atoms with Gasteiger partial charge in [0.15, 0.2) is 0 Å². The van der Waals surface area contributed by atoms with E-state index in [1.165, 1.54) is 0 Å². The van der Waals surface area contributed by atoms with Crippen LogP contribution >= 0.6 is 11.6 Å². The van der Waals surface area contributed by atoms with Gasteiger partial charge >= 0.3 is 0 Å². The zero-order chi connectivity index (χ0) is 21.1. The van der Waals surface area contributed by atoms with E-state index in [2.05, 4.69) is 10.3 Å². The highest BCUT2D eigenvalue weighted by atomic mass is 35.5. The number of carbonyl (C=O) groups is 2. The number of benzene rings is 1. The van der Waals surface area contributed by atoms with Crippen LogP contribution in [0.1, 0.15) is 62.4 Å². The fourth-order valence-corrected chi connectivity index (χ4v) is 4.99. The molecule has 2 saturated heterocycles. The Balaban J connectivity index is 1.46. The van der Waals surface area contributed by atoms with Crippen LogP contribution in [-0.2, 0) is 23.1 Å². The van der Waals surface area contributed by atoms with Crippen molar-refractivity contribution in [3.63, 3.8) is 0 Å². The SMILES string of the molecule is Cn1ccnc1[C@@H]1CCCCN1C(=O)CC[C@@]1(Cc2ccc(Cl)cc2)CCC(=O)N1. The van der Waals surface area contributed by atoms with Gasteiger partial charge in [-0.3, -0.25) is 9.59 Å². The third kappa shape index (κ3) is 4.53. The third-order valence-corrected chi connectivity index (χ3v) is 6.74. The van der Waals surface area contributed by atoms with Crippen molar-refractivity contribution in [1.29, 1.82) is 0 Å². The van der Waals surface area contributed by atoms with Crippen LogP contribution < -0.4 is 5.32 Å². The van der Waals surface area contributed by atoms with Gasteiger partial charge in [-0.1, -0.05) is 23.7 Å². The molecule has 0 spiro atoms. The molecular formula is C23H29ClN4O2. The van der Waals surface area contributed by atoms with Gasteiger partial charge in [0, 0.05) is 49.4 Å². The number of aromatic nitrogens is 2. The molecule has 0 saturated carbocycles. The van der Waals surface area contributed by atoms with Gasteiger partial charge in [-0.05, 0) is 56.2 Å². The molecule has 7 heteroatoms. The molecule has 160 valence electrons. The van der Waals surface area contributed by atoms with Crippen LogP contribution in [0.3, 0.4) is 0 Å². The smallest absolute Gasteiger partial charge is 0.223 e. The highest BCUT2D eigenvalue weighted by Gasteiger charge is 2.39. The number of likely N-dealkylation sites (tertiary alicyclic amines) is 1. The molecule has 6 nitrogen and oxygen atoms in total. The number of piperidine rings is 1. The molecule has 4 rings (SSSR count). The van der Waals surface area contributed by atoms with Gasteiger partial charge in [0.25, 0.3) is 0 Å².